The van der Waals surface area contributed by atoms with E-state index >= 15 is 0 Å². The van der Waals surface area contributed by atoms with Crippen molar-refractivity contribution in [1.29, 1.82) is 0 Å². The molecule has 0 radical (unpaired) electrons. The van der Waals surface area contributed by atoms with Crippen LogP contribution in [0.3, 0.4) is 0 Å². The SMILES string of the molecule is CCCCCCCCCCCCN(CCCCCCCCCCCC)c1ccc(C2=C(O)/C(=C/C=C3/C=CC(=[N+](CCCCCCCCCCCC)CCCCCCCCCCCC)S3)C2=O)nc1. The van der Waals surface area contributed by atoms with Gasteiger partial charge in [-0.1, -0.05) is 246 Å². The molecule has 1 aliphatic carbocycles. The molecule has 2 aliphatic rings. The van der Waals surface area contributed by atoms with Gasteiger partial charge in [-0.25, -0.2) is 4.58 Å². The molecule has 0 spiro atoms. The van der Waals surface area contributed by atoms with Crippen LogP contribution in [0.25, 0.3) is 5.57 Å². The number of thioether (sulfide) groups is 1. The van der Waals surface area contributed by atoms with E-state index in [-0.39, 0.29) is 11.5 Å². The van der Waals surface area contributed by atoms with Gasteiger partial charge in [0.05, 0.1) is 28.7 Å². The Balaban J connectivity index is 1.56. The molecule has 0 unspecified atom stereocenters. The number of carbonyl (C=O) groups excluding carboxylic acids is 1. The third-order valence-corrected chi connectivity index (χ3v) is 15.9. The molecule has 1 aromatic heterocycles. The Bertz CT molecular complexity index is 1560. The molecular weight excluding hydrogens is 863 g/mol. The van der Waals surface area contributed by atoms with Crippen molar-refractivity contribution in [1.82, 2.24) is 4.98 Å². The highest BCUT2D eigenvalue weighted by Crippen LogP contribution is 2.37. The van der Waals surface area contributed by atoms with Crippen molar-refractivity contribution in [2.24, 2.45) is 0 Å². The largest absolute Gasteiger partial charge is 0.506 e. The standard InChI is InChI=1S/C63H107N3O2S/c1-5-9-13-17-21-25-29-33-37-41-51-65(52-42-38-34-30-26-22-18-14-10-6-2)56-45-49-59(64-55-56)61-62(67)58(63(61)68)48-46-57-47-50-60(69-57)66(53-43-39-35-31-27-23-19-15-11-7-3)54-44-40-36-32-28-24-20-16-12-8-4/h45-50,55H,5-44,51-54H2,1-4H3/p+1. The van der Waals surface area contributed by atoms with Crippen LogP contribution in [0.1, 0.15) is 290 Å². The molecule has 6 heteroatoms. The fourth-order valence-electron chi connectivity index (χ4n) is 10.2. The van der Waals surface area contributed by atoms with Crippen molar-refractivity contribution >= 4 is 33.8 Å². The van der Waals surface area contributed by atoms with Gasteiger partial charge < -0.3 is 10.0 Å². The number of ketones is 1. The van der Waals surface area contributed by atoms with Crippen LogP contribution in [-0.4, -0.2) is 51.7 Å². The molecule has 3 rings (SSSR count). The molecule has 0 bridgehead atoms. The highest BCUT2D eigenvalue weighted by atomic mass is 32.2. The van der Waals surface area contributed by atoms with E-state index in [9.17, 15) is 9.90 Å². The summed E-state index contributed by atoms with van der Waals surface area (Å²) in [5.41, 5.74) is 2.44. The van der Waals surface area contributed by atoms with E-state index in [1.54, 1.807) is 0 Å². The molecule has 1 N–H and O–H groups in total. The zero-order chi connectivity index (χ0) is 49.3. The first kappa shape index (κ1) is 60.7. The molecule has 69 heavy (non-hydrogen) atoms. The Morgan fingerprint density at radius 1 is 0.493 bits per heavy atom. The Labute approximate surface area is 431 Å². The second-order valence-electron chi connectivity index (χ2n) is 21.1. The minimum absolute atomic E-state index is 0.0735. The molecule has 0 fully saturated rings. The summed E-state index contributed by atoms with van der Waals surface area (Å²) in [6, 6.07) is 4.08. The van der Waals surface area contributed by atoms with Gasteiger partial charge in [0.25, 0.3) is 0 Å². The lowest BCUT2D eigenvalue weighted by Crippen LogP contribution is -2.26. The number of allylic oxidation sites excluding steroid dienone is 5. The number of nitrogens with zero attached hydrogens (tertiary/aromatic N) is 3. The van der Waals surface area contributed by atoms with Crippen LogP contribution in [0.5, 0.6) is 0 Å². The molecular formula is C63H108N3O2S+. The molecule has 0 aromatic carbocycles. The maximum atomic E-state index is 13.5. The molecule has 2 heterocycles. The predicted octanol–water partition coefficient (Wildman–Crippen LogP) is 19.9. The van der Waals surface area contributed by atoms with Gasteiger partial charge in [-0.15, -0.1) is 0 Å². The van der Waals surface area contributed by atoms with Gasteiger partial charge in [-0.2, -0.15) is 0 Å². The van der Waals surface area contributed by atoms with E-state index in [4.69, 9.17) is 4.98 Å². The normalized spacial score (nSPS) is 14.8. The molecule has 1 aromatic rings. The van der Waals surface area contributed by atoms with Crippen LogP contribution in [0.2, 0.25) is 0 Å². The van der Waals surface area contributed by atoms with Crippen molar-refractivity contribution in [2.75, 3.05) is 31.1 Å². The summed E-state index contributed by atoms with van der Waals surface area (Å²) in [7, 11) is 0. The van der Waals surface area contributed by atoms with Crippen LogP contribution in [0, 0.1) is 0 Å². The molecule has 5 nitrogen and oxygen atoms in total. The number of aliphatic hydroxyl groups excluding tert-OH is 1. The van der Waals surface area contributed by atoms with Crippen molar-refractivity contribution in [3.8, 4) is 0 Å². The summed E-state index contributed by atoms with van der Waals surface area (Å²) >= 11 is 1.81. The maximum Gasteiger partial charge on any atom is 0.239 e. The van der Waals surface area contributed by atoms with Crippen molar-refractivity contribution in [2.45, 2.75) is 285 Å². The lowest BCUT2D eigenvalue weighted by molar-refractivity contribution is -0.525. The molecule has 1 aliphatic heterocycles. The molecule has 0 amide bonds. The highest BCUT2D eigenvalue weighted by Gasteiger charge is 2.35. The van der Waals surface area contributed by atoms with E-state index in [1.165, 1.54) is 262 Å². The van der Waals surface area contributed by atoms with E-state index < -0.39 is 0 Å². The van der Waals surface area contributed by atoms with Crippen LogP contribution in [0.15, 0.2) is 58.9 Å². The first-order valence-corrected chi connectivity index (χ1v) is 30.9. The predicted molar refractivity (Wildman–Crippen MR) is 306 cm³/mol. The minimum atomic E-state index is -0.114. The number of hydrogen-bond acceptors (Lipinski definition) is 5. The number of anilines is 1. The lowest BCUT2D eigenvalue weighted by Gasteiger charge is -2.26. The van der Waals surface area contributed by atoms with Crippen LogP contribution < -0.4 is 4.90 Å². The van der Waals surface area contributed by atoms with Crippen LogP contribution >= 0.6 is 11.8 Å². The minimum Gasteiger partial charge on any atom is -0.506 e. The van der Waals surface area contributed by atoms with Gasteiger partial charge >= 0.3 is 0 Å². The highest BCUT2D eigenvalue weighted by molar-refractivity contribution is 8.18. The topological polar surface area (TPSA) is 56.4 Å². The van der Waals surface area contributed by atoms with Gasteiger partial charge in [-0.3, -0.25) is 9.78 Å². The average molecular weight is 972 g/mol. The van der Waals surface area contributed by atoms with E-state index in [0.29, 0.717) is 16.8 Å². The second-order valence-corrected chi connectivity index (χ2v) is 22.2. The third kappa shape index (κ3) is 27.7. The molecule has 0 saturated carbocycles. The van der Waals surface area contributed by atoms with Gasteiger partial charge in [-0.05, 0) is 67.8 Å². The number of aromatic nitrogens is 1. The first-order valence-electron chi connectivity index (χ1n) is 30.1. The number of rotatable bonds is 47. The van der Waals surface area contributed by atoms with E-state index in [2.05, 4.69) is 55.4 Å². The summed E-state index contributed by atoms with van der Waals surface area (Å²) in [4.78, 5) is 22.0. The van der Waals surface area contributed by atoms with Gasteiger partial charge in [0.15, 0.2) is 0 Å². The Kier molecular flexibility index (Phi) is 36.9. The summed E-state index contributed by atoms with van der Waals surface area (Å²) in [6.45, 7) is 13.5. The number of pyridine rings is 1. The fourth-order valence-corrected chi connectivity index (χ4v) is 11.1. The Hall–Kier alpha value is -2.60. The van der Waals surface area contributed by atoms with Gasteiger partial charge in [0.2, 0.25) is 10.8 Å². The number of aliphatic hydroxyl groups is 1. The first-order chi connectivity index (χ1) is 34.0. The number of carbonyl (C=O) groups is 1. The monoisotopic (exact) mass is 971 g/mol. The summed E-state index contributed by atoms with van der Waals surface area (Å²) in [5, 5.41) is 12.5. The van der Waals surface area contributed by atoms with Crippen LogP contribution in [0.4, 0.5) is 5.69 Å². The second kappa shape index (κ2) is 42.0. The summed E-state index contributed by atoms with van der Waals surface area (Å²) in [5.74, 6) is -0.0404. The van der Waals surface area contributed by atoms with Crippen molar-refractivity contribution in [3.63, 3.8) is 0 Å². The number of hydrogen-bond donors (Lipinski definition) is 1. The van der Waals surface area contributed by atoms with E-state index in [0.717, 1.165) is 36.8 Å². The summed E-state index contributed by atoms with van der Waals surface area (Å²) in [6.07, 6.45) is 64.2. The molecule has 0 saturated heterocycles. The van der Waals surface area contributed by atoms with Gasteiger partial charge in [0.1, 0.15) is 18.8 Å². The zero-order valence-electron chi connectivity index (χ0n) is 45.8. The van der Waals surface area contributed by atoms with Crippen LogP contribution in [-0.2, 0) is 4.79 Å². The third-order valence-electron chi connectivity index (χ3n) is 14.8. The molecule has 0 atom stereocenters. The maximum absolute atomic E-state index is 13.5. The number of Topliss-reactive ketones (excluding diaryl/α,β-unsaturated/α-hetero) is 1. The van der Waals surface area contributed by atoms with Crippen molar-refractivity contribution < 1.29 is 14.5 Å². The zero-order valence-corrected chi connectivity index (χ0v) is 46.6. The van der Waals surface area contributed by atoms with Crippen molar-refractivity contribution in [3.05, 3.63) is 64.6 Å². The quantitative estimate of drug-likeness (QED) is 0.0401. The molecule has 392 valence electrons. The smallest absolute Gasteiger partial charge is 0.239 e. The van der Waals surface area contributed by atoms with Gasteiger partial charge in [0, 0.05) is 36.9 Å². The average Bonchev–Trinajstić information content (AvgIpc) is 3.84. The Morgan fingerprint density at radius 2 is 0.870 bits per heavy atom. The van der Waals surface area contributed by atoms with E-state index in [1.807, 2.05) is 36.2 Å². The lowest BCUT2D eigenvalue weighted by atomic mass is 9.85. The fraction of sp³-hybridized carbons (Fsp3) is 0.762. The number of unbranched alkanes of at least 4 members (excludes halogenated alkanes) is 36. The summed E-state index contributed by atoms with van der Waals surface area (Å²) < 4.78 is 2.62. The Morgan fingerprint density at radius 3 is 1.23 bits per heavy atom.